The van der Waals surface area contributed by atoms with E-state index < -0.39 is 22.6 Å². The van der Waals surface area contributed by atoms with Gasteiger partial charge in [0, 0.05) is 45.9 Å². The summed E-state index contributed by atoms with van der Waals surface area (Å²) >= 11 is 0. The molecule has 49 heavy (non-hydrogen) atoms. The highest BCUT2D eigenvalue weighted by Gasteiger charge is 2.65. The van der Waals surface area contributed by atoms with Crippen LogP contribution in [0.15, 0.2) is 48.6 Å². The average molecular weight is 697 g/mol. The Morgan fingerprint density at radius 2 is 1.10 bits per heavy atom. The van der Waals surface area contributed by atoms with Gasteiger partial charge in [-0.15, -0.1) is 0 Å². The predicted octanol–water partition coefficient (Wildman–Crippen LogP) is 2.35. The fourth-order valence-corrected chi connectivity index (χ4v) is 10.8. The van der Waals surface area contributed by atoms with Crippen molar-refractivity contribution in [2.24, 2.45) is 11.8 Å². The fourth-order valence-electron chi connectivity index (χ4n) is 10.8. The van der Waals surface area contributed by atoms with E-state index >= 15 is 0 Å². The maximum atomic E-state index is 10.6. The van der Waals surface area contributed by atoms with Gasteiger partial charge in [0.25, 0.3) is 0 Å². The highest BCUT2D eigenvalue weighted by molar-refractivity contribution is 7.79. The molecule has 0 amide bonds. The van der Waals surface area contributed by atoms with Crippen LogP contribution in [0.1, 0.15) is 35.1 Å². The molecule has 2 aromatic carbocycles. The molecule has 0 unspecified atom stereocenters. The van der Waals surface area contributed by atoms with Crippen molar-refractivity contribution in [3.05, 3.63) is 70.8 Å². The van der Waals surface area contributed by atoms with Crippen molar-refractivity contribution in [1.82, 2.24) is 9.80 Å². The molecule has 2 saturated heterocycles. The van der Waals surface area contributed by atoms with E-state index in [9.17, 15) is 10.2 Å². The molecule has 264 valence electrons. The van der Waals surface area contributed by atoms with Crippen LogP contribution in [0.4, 0.5) is 0 Å². The fraction of sp³-hybridized carbons (Fsp3) is 0.556. The quantitative estimate of drug-likeness (QED) is 0.269. The Morgan fingerprint density at radius 3 is 1.47 bits per heavy atom. The van der Waals surface area contributed by atoms with Crippen molar-refractivity contribution in [3.8, 4) is 23.0 Å². The molecule has 4 N–H and O–H groups in total. The summed E-state index contributed by atoms with van der Waals surface area (Å²) in [6, 6.07) is 9.40. The first-order chi connectivity index (χ1) is 23.3. The summed E-state index contributed by atoms with van der Waals surface area (Å²) in [6.45, 7) is 2.11. The zero-order valence-corrected chi connectivity index (χ0v) is 28.8. The van der Waals surface area contributed by atoms with Gasteiger partial charge in [0.05, 0.1) is 14.2 Å². The third-order valence-electron chi connectivity index (χ3n) is 12.7. The van der Waals surface area contributed by atoms with Gasteiger partial charge in [0.15, 0.2) is 23.0 Å². The van der Waals surface area contributed by atoms with Crippen molar-refractivity contribution in [3.63, 3.8) is 0 Å². The van der Waals surface area contributed by atoms with Gasteiger partial charge >= 0.3 is 10.4 Å². The van der Waals surface area contributed by atoms with Crippen molar-refractivity contribution in [2.45, 2.75) is 73.0 Å². The van der Waals surface area contributed by atoms with Crippen LogP contribution < -0.4 is 18.9 Å². The van der Waals surface area contributed by atoms with Crippen molar-refractivity contribution < 1.29 is 46.7 Å². The number of methoxy groups -OCH3 is 2. The summed E-state index contributed by atoms with van der Waals surface area (Å²) in [5, 5.41) is 21.1. The van der Waals surface area contributed by atoms with Gasteiger partial charge in [0.2, 0.25) is 0 Å². The smallest absolute Gasteiger partial charge is 0.394 e. The molecule has 4 heterocycles. The normalized spacial score (nSPS) is 38.0. The molecule has 0 saturated carbocycles. The van der Waals surface area contributed by atoms with E-state index in [-0.39, 0.29) is 23.0 Å². The first kappa shape index (κ1) is 33.0. The number of aliphatic hydroxyl groups excluding tert-OH is 2. The van der Waals surface area contributed by atoms with Crippen LogP contribution in [0, 0.1) is 11.8 Å². The van der Waals surface area contributed by atoms with Crippen LogP contribution in [-0.2, 0) is 34.1 Å². The van der Waals surface area contributed by atoms with Gasteiger partial charge in [-0.05, 0) is 76.1 Å². The Balaban J connectivity index is 0.000000125. The number of ether oxygens (including phenoxy) is 4. The Morgan fingerprint density at radius 1 is 0.714 bits per heavy atom. The molecule has 4 bridgehead atoms. The van der Waals surface area contributed by atoms with E-state index in [0.29, 0.717) is 23.9 Å². The molecule has 8 aliphatic rings. The highest BCUT2D eigenvalue weighted by Crippen LogP contribution is 2.64. The first-order valence-electron chi connectivity index (χ1n) is 16.9. The number of likely N-dealkylation sites (N-methyl/N-ethyl adjacent to an activating group) is 2. The number of piperidine rings is 2. The Labute approximate surface area is 286 Å². The topological polar surface area (TPSA) is 158 Å². The van der Waals surface area contributed by atoms with Crippen molar-refractivity contribution >= 4 is 10.4 Å². The maximum Gasteiger partial charge on any atom is 0.394 e. The lowest BCUT2D eigenvalue weighted by Crippen LogP contribution is -2.64. The Kier molecular flexibility index (Phi) is 7.69. The van der Waals surface area contributed by atoms with E-state index in [1.165, 1.54) is 22.3 Å². The molecule has 0 radical (unpaired) electrons. The van der Waals surface area contributed by atoms with Gasteiger partial charge in [0.1, 0.15) is 24.4 Å². The molecular weight excluding hydrogens is 652 g/mol. The Bertz CT molecular complexity index is 1720. The zero-order chi connectivity index (χ0) is 34.6. The molecule has 13 heteroatoms. The summed E-state index contributed by atoms with van der Waals surface area (Å²) in [5.74, 6) is 4.18. The van der Waals surface area contributed by atoms with E-state index in [2.05, 4.69) is 48.2 Å². The van der Waals surface area contributed by atoms with E-state index in [1.807, 2.05) is 24.3 Å². The SMILES string of the molecule is COc1ccc2c3c1O[C@H]1[C@@H](O)C=C[C@H]4[C@@H](C2)N(C)CC[C@@]341.COc1ccc2c3c1O[C@H]1[C@@H](O)C=C[C@H]4[C@@H](C2)N(C)CC[C@@]341.O=S(=O)(O)O. The molecule has 0 aromatic heterocycles. The Hall–Kier alpha value is -3.17. The first-order valence-corrected chi connectivity index (χ1v) is 18.3. The minimum absolute atomic E-state index is 0.0806. The largest absolute Gasteiger partial charge is 0.493 e. The third-order valence-corrected chi connectivity index (χ3v) is 12.7. The van der Waals surface area contributed by atoms with Crippen LogP contribution in [0.5, 0.6) is 23.0 Å². The van der Waals surface area contributed by atoms with Gasteiger partial charge in [-0.25, -0.2) is 0 Å². The van der Waals surface area contributed by atoms with Crippen molar-refractivity contribution in [1.29, 1.82) is 0 Å². The molecule has 2 fully saturated rings. The van der Waals surface area contributed by atoms with Gasteiger partial charge in [-0.2, -0.15) is 8.42 Å². The van der Waals surface area contributed by atoms with E-state index in [0.717, 1.165) is 61.8 Å². The summed E-state index contributed by atoms with van der Waals surface area (Å²) < 4.78 is 55.3. The van der Waals surface area contributed by atoms with Crippen molar-refractivity contribution in [2.75, 3.05) is 41.4 Å². The molecule has 2 spiro atoms. The standard InChI is InChI=1S/2C18H21NO3.H2O4S/c2*1-19-8-7-18-11-4-5-13(20)17(18)22-16-14(21-2)6-3-10(15(16)18)9-12(11)19;1-5(2,3)4/h2*3-6,11-13,17,20H,7-9H2,1-2H3;(H2,1,2,3,4)/t2*11-,12+,13-,17-,18-;/m00./s1. The number of nitrogens with zero attached hydrogens (tertiary/aromatic N) is 2. The van der Waals surface area contributed by atoms with Crippen LogP contribution in [0.25, 0.3) is 0 Å². The van der Waals surface area contributed by atoms with Gasteiger partial charge in [-0.3, -0.25) is 9.11 Å². The van der Waals surface area contributed by atoms with E-state index in [4.69, 9.17) is 36.5 Å². The lowest BCUT2D eigenvalue weighted by molar-refractivity contribution is -0.0453. The zero-order valence-electron chi connectivity index (χ0n) is 28.0. The lowest BCUT2D eigenvalue weighted by Gasteiger charge is -2.56. The minimum Gasteiger partial charge on any atom is -0.493 e. The molecule has 10 atom stereocenters. The summed E-state index contributed by atoms with van der Waals surface area (Å²) in [7, 11) is 3.15. The summed E-state index contributed by atoms with van der Waals surface area (Å²) in [4.78, 5) is 4.94. The molecule has 4 aliphatic heterocycles. The van der Waals surface area contributed by atoms with Gasteiger partial charge in [-0.1, -0.05) is 36.4 Å². The second kappa shape index (κ2) is 11.4. The van der Waals surface area contributed by atoms with Crippen LogP contribution in [0.3, 0.4) is 0 Å². The predicted molar refractivity (Wildman–Crippen MR) is 179 cm³/mol. The second-order valence-corrected chi connectivity index (χ2v) is 15.6. The maximum absolute atomic E-state index is 10.6. The molecule has 12 nitrogen and oxygen atoms in total. The highest BCUT2D eigenvalue weighted by atomic mass is 32.3. The number of hydrogen-bond acceptors (Lipinski definition) is 10. The summed E-state index contributed by atoms with van der Waals surface area (Å²) in [6.07, 6.45) is 11.1. The molecule has 10 rings (SSSR count). The minimum atomic E-state index is -4.67. The lowest BCUT2D eigenvalue weighted by atomic mass is 9.53. The van der Waals surface area contributed by atoms with Crippen LogP contribution in [-0.4, -0.2) is 115 Å². The van der Waals surface area contributed by atoms with Gasteiger partial charge < -0.3 is 39.0 Å². The van der Waals surface area contributed by atoms with Crippen LogP contribution in [0.2, 0.25) is 0 Å². The third kappa shape index (κ3) is 4.66. The molecule has 2 aromatic rings. The second-order valence-electron chi connectivity index (χ2n) is 14.7. The molecule has 4 aliphatic carbocycles. The summed E-state index contributed by atoms with van der Waals surface area (Å²) in [5.41, 5.74) is 5.21. The number of hydrogen-bond donors (Lipinski definition) is 4. The number of aliphatic hydroxyl groups is 2. The van der Waals surface area contributed by atoms with E-state index in [1.54, 1.807) is 14.2 Å². The molecular formula is C36H44N2O10S. The monoisotopic (exact) mass is 696 g/mol. The number of likely N-dealkylation sites (tertiary alicyclic amines) is 2. The van der Waals surface area contributed by atoms with Crippen LogP contribution >= 0.6 is 0 Å². The number of rotatable bonds is 2. The average Bonchev–Trinajstić information content (AvgIpc) is 3.60. The number of benzene rings is 2.